The Morgan fingerprint density at radius 1 is 1.17 bits per heavy atom. The van der Waals surface area contributed by atoms with E-state index in [0.29, 0.717) is 13.2 Å². The van der Waals surface area contributed by atoms with Crippen molar-refractivity contribution in [3.63, 3.8) is 0 Å². The van der Waals surface area contributed by atoms with Crippen molar-refractivity contribution in [1.82, 2.24) is 0 Å². The molecule has 130 valence electrons. The first kappa shape index (κ1) is 20.1. The number of rotatable bonds is 10. The molecule has 0 N–H and O–H groups in total. The minimum Gasteiger partial charge on any atom is -0.497 e. The molecule has 0 heterocycles. The Bertz CT molecular complexity index is 544. The largest absolute Gasteiger partial charge is 0.497 e. The summed E-state index contributed by atoms with van der Waals surface area (Å²) in [5.74, 6) is 7.38. The molecule has 24 heavy (non-hydrogen) atoms. The zero-order chi connectivity index (χ0) is 17.5. The quantitative estimate of drug-likeness (QED) is 0.319. The summed E-state index contributed by atoms with van der Waals surface area (Å²) in [6.45, 7) is 5.43. The molecule has 2 heteroatoms. The predicted molar refractivity (Wildman–Crippen MR) is 102 cm³/mol. The second kappa shape index (κ2) is 13.5. The maximum absolute atomic E-state index is 5.80. The number of hydrogen-bond acceptors (Lipinski definition) is 2. The molecular weight excluding hydrogens is 296 g/mol. The number of allylic oxidation sites excluding steroid dienone is 3. The molecule has 1 aromatic rings. The van der Waals surface area contributed by atoms with Crippen molar-refractivity contribution in [3.8, 4) is 17.6 Å². The molecule has 1 aromatic carbocycles. The Morgan fingerprint density at radius 3 is 2.62 bits per heavy atom. The number of methoxy groups -OCH3 is 1. The fourth-order valence-electron chi connectivity index (χ4n) is 2.21. The standard InChI is InChI=1S/C22H30O2/c1-4-6-7-8-9-10-11-13-20(12-5-2)18-24-19-21-14-16-22(23-3)17-15-21/h5,9-10,12,14-17,20H,4,6-8,18-19H2,1-3H3/b10-9+,12-5+/t20-/m0/s1. The van der Waals surface area contributed by atoms with Crippen LogP contribution >= 0.6 is 0 Å². The van der Waals surface area contributed by atoms with Crippen molar-refractivity contribution in [1.29, 1.82) is 0 Å². The Kier molecular flexibility index (Phi) is 11.3. The van der Waals surface area contributed by atoms with Gasteiger partial charge in [-0.3, -0.25) is 0 Å². The summed E-state index contributed by atoms with van der Waals surface area (Å²) < 4.78 is 11.0. The number of hydrogen-bond donors (Lipinski definition) is 0. The lowest BCUT2D eigenvalue weighted by Gasteiger charge is -2.08. The highest BCUT2D eigenvalue weighted by molar-refractivity contribution is 5.26. The minimum atomic E-state index is 0.133. The van der Waals surface area contributed by atoms with E-state index in [1.165, 1.54) is 19.3 Å². The first-order valence-electron chi connectivity index (χ1n) is 8.79. The number of unbranched alkanes of at least 4 members (excludes halogenated alkanes) is 3. The maximum Gasteiger partial charge on any atom is 0.118 e. The summed E-state index contributed by atoms with van der Waals surface area (Å²) in [6.07, 6.45) is 13.2. The molecule has 0 bridgehead atoms. The zero-order valence-electron chi connectivity index (χ0n) is 15.3. The third kappa shape index (κ3) is 9.22. The van der Waals surface area contributed by atoms with Gasteiger partial charge in [-0.15, -0.1) is 0 Å². The molecule has 1 atom stereocenters. The van der Waals surface area contributed by atoms with Gasteiger partial charge >= 0.3 is 0 Å². The summed E-state index contributed by atoms with van der Waals surface area (Å²) in [6, 6.07) is 7.94. The van der Waals surface area contributed by atoms with Crippen molar-refractivity contribution in [2.75, 3.05) is 13.7 Å². The Hall–Kier alpha value is -1.98. The van der Waals surface area contributed by atoms with E-state index in [2.05, 4.69) is 30.9 Å². The van der Waals surface area contributed by atoms with E-state index in [4.69, 9.17) is 9.47 Å². The highest BCUT2D eigenvalue weighted by atomic mass is 16.5. The lowest BCUT2D eigenvalue weighted by molar-refractivity contribution is 0.111. The second-order valence-corrected chi connectivity index (χ2v) is 5.68. The van der Waals surface area contributed by atoms with Gasteiger partial charge in [0.2, 0.25) is 0 Å². The van der Waals surface area contributed by atoms with Gasteiger partial charge in [0.15, 0.2) is 0 Å². The molecule has 0 aliphatic carbocycles. The van der Waals surface area contributed by atoms with Gasteiger partial charge in [-0.05, 0) is 43.5 Å². The van der Waals surface area contributed by atoms with Crippen LogP contribution in [0.1, 0.15) is 45.1 Å². The first-order chi connectivity index (χ1) is 11.8. The SMILES string of the molecule is C/C=C/[C@@H](C#C/C=C/CCCCC)COCc1ccc(OC)cc1. The summed E-state index contributed by atoms with van der Waals surface area (Å²) >= 11 is 0. The van der Waals surface area contributed by atoms with Gasteiger partial charge in [0.1, 0.15) is 5.75 Å². The smallest absolute Gasteiger partial charge is 0.118 e. The van der Waals surface area contributed by atoms with Crippen molar-refractivity contribution in [3.05, 3.63) is 54.1 Å². The van der Waals surface area contributed by atoms with Crippen molar-refractivity contribution in [2.45, 2.75) is 46.1 Å². The van der Waals surface area contributed by atoms with Crippen LogP contribution in [0.25, 0.3) is 0 Å². The van der Waals surface area contributed by atoms with Gasteiger partial charge in [0.05, 0.1) is 26.2 Å². The van der Waals surface area contributed by atoms with Crippen LogP contribution in [-0.4, -0.2) is 13.7 Å². The predicted octanol–water partition coefficient (Wildman–Crippen LogP) is 5.54. The van der Waals surface area contributed by atoms with E-state index in [-0.39, 0.29) is 5.92 Å². The molecule has 0 aromatic heterocycles. The zero-order valence-corrected chi connectivity index (χ0v) is 15.3. The third-order valence-corrected chi connectivity index (χ3v) is 3.59. The van der Waals surface area contributed by atoms with E-state index in [9.17, 15) is 0 Å². The molecule has 0 radical (unpaired) electrons. The normalized spacial score (nSPS) is 12.3. The van der Waals surface area contributed by atoms with Crippen molar-refractivity contribution < 1.29 is 9.47 Å². The van der Waals surface area contributed by atoms with Gasteiger partial charge in [0, 0.05) is 0 Å². The van der Waals surface area contributed by atoms with Crippen LogP contribution in [0.3, 0.4) is 0 Å². The summed E-state index contributed by atoms with van der Waals surface area (Å²) in [5, 5.41) is 0. The van der Waals surface area contributed by atoms with Crippen molar-refractivity contribution in [2.24, 2.45) is 5.92 Å². The molecule has 0 aliphatic heterocycles. The first-order valence-corrected chi connectivity index (χ1v) is 8.79. The highest BCUT2D eigenvalue weighted by Crippen LogP contribution is 2.12. The van der Waals surface area contributed by atoms with Gasteiger partial charge in [-0.2, -0.15) is 0 Å². The molecule has 0 amide bonds. The topological polar surface area (TPSA) is 18.5 Å². The highest BCUT2D eigenvalue weighted by Gasteiger charge is 2.01. The molecule has 0 aliphatic rings. The fraction of sp³-hybridized carbons (Fsp3) is 0.455. The van der Waals surface area contributed by atoms with Crippen LogP contribution in [0.4, 0.5) is 0 Å². The van der Waals surface area contributed by atoms with E-state index in [0.717, 1.165) is 17.7 Å². The second-order valence-electron chi connectivity index (χ2n) is 5.68. The average molecular weight is 326 g/mol. The lowest BCUT2D eigenvalue weighted by Crippen LogP contribution is -2.05. The Morgan fingerprint density at radius 2 is 1.96 bits per heavy atom. The summed E-state index contributed by atoms with van der Waals surface area (Å²) in [5.41, 5.74) is 1.14. The van der Waals surface area contributed by atoms with Gasteiger partial charge < -0.3 is 9.47 Å². The van der Waals surface area contributed by atoms with E-state index >= 15 is 0 Å². The Labute approximate surface area is 147 Å². The van der Waals surface area contributed by atoms with Crippen LogP contribution in [-0.2, 0) is 11.3 Å². The molecular formula is C22H30O2. The third-order valence-electron chi connectivity index (χ3n) is 3.59. The molecule has 0 fully saturated rings. The molecule has 2 nitrogen and oxygen atoms in total. The van der Waals surface area contributed by atoms with Crippen LogP contribution in [0, 0.1) is 17.8 Å². The molecule has 0 unspecified atom stereocenters. The van der Waals surface area contributed by atoms with Crippen LogP contribution < -0.4 is 4.74 Å². The van der Waals surface area contributed by atoms with Crippen LogP contribution in [0.5, 0.6) is 5.75 Å². The van der Waals surface area contributed by atoms with Gasteiger partial charge in [-0.25, -0.2) is 0 Å². The Balaban J connectivity index is 2.37. The van der Waals surface area contributed by atoms with Gasteiger partial charge in [0.25, 0.3) is 0 Å². The molecule has 0 spiro atoms. The average Bonchev–Trinajstić information content (AvgIpc) is 2.61. The monoisotopic (exact) mass is 326 g/mol. The summed E-state index contributed by atoms with van der Waals surface area (Å²) in [4.78, 5) is 0. The van der Waals surface area contributed by atoms with E-state index < -0.39 is 0 Å². The molecule has 1 rings (SSSR count). The summed E-state index contributed by atoms with van der Waals surface area (Å²) in [7, 11) is 1.67. The molecule has 0 saturated carbocycles. The van der Waals surface area contributed by atoms with E-state index in [1.807, 2.05) is 43.3 Å². The number of ether oxygens (including phenoxy) is 2. The maximum atomic E-state index is 5.80. The molecule has 0 saturated heterocycles. The fourth-order valence-corrected chi connectivity index (χ4v) is 2.21. The van der Waals surface area contributed by atoms with Crippen LogP contribution in [0.15, 0.2) is 48.6 Å². The van der Waals surface area contributed by atoms with Crippen LogP contribution in [0.2, 0.25) is 0 Å². The van der Waals surface area contributed by atoms with Crippen molar-refractivity contribution >= 4 is 0 Å². The van der Waals surface area contributed by atoms with Gasteiger partial charge in [-0.1, -0.05) is 62.0 Å². The minimum absolute atomic E-state index is 0.133. The lowest BCUT2D eigenvalue weighted by atomic mass is 10.1. The number of benzene rings is 1. The van der Waals surface area contributed by atoms with E-state index in [1.54, 1.807) is 7.11 Å².